The average molecular weight is 283 g/mol. The summed E-state index contributed by atoms with van der Waals surface area (Å²) in [6, 6.07) is -0.615. The van der Waals surface area contributed by atoms with Gasteiger partial charge in [0.15, 0.2) is 0 Å². The lowest BCUT2D eigenvalue weighted by atomic mass is 9.97. The minimum Gasteiger partial charge on any atom is -0.468 e. The summed E-state index contributed by atoms with van der Waals surface area (Å²) in [6.45, 7) is 5.66. The molecule has 0 fully saturated rings. The molecular weight excluding hydrogens is 259 g/mol. The van der Waals surface area contributed by atoms with Crippen LogP contribution in [0, 0.1) is 5.92 Å². The molecule has 0 aromatic rings. The van der Waals surface area contributed by atoms with Crippen LogP contribution in [0.2, 0.25) is 0 Å². The average Bonchev–Trinajstić information content (AvgIpc) is 2.32. The Bertz CT molecular complexity index is 269. The van der Waals surface area contributed by atoms with E-state index in [1.807, 2.05) is 13.8 Å². The first-order chi connectivity index (χ1) is 8.71. The number of rotatable bonds is 8. The molecule has 0 saturated heterocycles. The highest BCUT2D eigenvalue weighted by molar-refractivity contribution is 5.76. The van der Waals surface area contributed by atoms with Gasteiger partial charge < -0.3 is 10.1 Å². The zero-order valence-electron chi connectivity index (χ0n) is 12.0. The number of carbonyl (C=O) groups excluding carboxylic acids is 1. The first kappa shape index (κ1) is 18.2. The van der Waals surface area contributed by atoms with E-state index in [9.17, 15) is 18.0 Å². The number of esters is 1. The molecule has 0 spiro atoms. The molecule has 6 heteroatoms. The van der Waals surface area contributed by atoms with E-state index in [1.54, 1.807) is 6.92 Å². The fourth-order valence-electron chi connectivity index (χ4n) is 1.83. The Kier molecular flexibility index (Phi) is 8.06. The molecule has 0 rings (SSSR count). The summed E-state index contributed by atoms with van der Waals surface area (Å²) in [4.78, 5) is 11.6. The van der Waals surface area contributed by atoms with E-state index in [4.69, 9.17) is 4.74 Å². The second-order valence-corrected chi connectivity index (χ2v) is 4.96. The van der Waals surface area contributed by atoms with Crippen LogP contribution in [0.5, 0.6) is 0 Å². The molecule has 3 nitrogen and oxygen atoms in total. The molecule has 0 aliphatic rings. The Morgan fingerprint density at radius 2 is 1.89 bits per heavy atom. The summed E-state index contributed by atoms with van der Waals surface area (Å²) < 4.78 is 40.8. The van der Waals surface area contributed by atoms with Crippen LogP contribution in [0.4, 0.5) is 13.2 Å². The van der Waals surface area contributed by atoms with E-state index in [2.05, 4.69) is 5.32 Å². The third-order valence-corrected chi connectivity index (χ3v) is 3.23. The van der Waals surface area contributed by atoms with E-state index >= 15 is 0 Å². The number of hydrogen-bond acceptors (Lipinski definition) is 3. The Morgan fingerprint density at radius 1 is 1.32 bits per heavy atom. The lowest BCUT2D eigenvalue weighted by Crippen LogP contribution is -2.46. The number of halogens is 3. The van der Waals surface area contributed by atoms with Gasteiger partial charge in [0.25, 0.3) is 0 Å². The predicted molar refractivity (Wildman–Crippen MR) is 67.8 cm³/mol. The molecule has 0 saturated carbocycles. The third kappa shape index (κ3) is 8.08. The number of ether oxygens (including phenoxy) is 1. The molecule has 0 aromatic carbocycles. The minimum absolute atomic E-state index is 0.0616. The van der Waals surface area contributed by atoms with Crippen molar-refractivity contribution in [2.45, 2.75) is 64.7 Å². The van der Waals surface area contributed by atoms with Gasteiger partial charge in [-0.25, -0.2) is 0 Å². The quantitative estimate of drug-likeness (QED) is 0.695. The van der Waals surface area contributed by atoms with Gasteiger partial charge >= 0.3 is 12.1 Å². The van der Waals surface area contributed by atoms with Crippen LogP contribution in [-0.4, -0.2) is 31.3 Å². The summed E-state index contributed by atoms with van der Waals surface area (Å²) >= 11 is 0. The first-order valence-electron chi connectivity index (χ1n) is 6.61. The highest BCUT2D eigenvalue weighted by Crippen LogP contribution is 2.23. The molecule has 3 atom stereocenters. The molecule has 3 unspecified atom stereocenters. The van der Waals surface area contributed by atoms with Crippen molar-refractivity contribution in [2.24, 2.45) is 5.92 Å². The van der Waals surface area contributed by atoms with Crippen molar-refractivity contribution in [1.82, 2.24) is 5.32 Å². The van der Waals surface area contributed by atoms with Crippen LogP contribution in [0.15, 0.2) is 0 Å². The molecule has 1 N–H and O–H groups in total. The van der Waals surface area contributed by atoms with Crippen molar-refractivity contribution in [3.63, 3.8) is 0 Å². The number of nitrogens with one attached hydrogen (secondary N) is 1. The standard InChI is InChI=1S/C13H24F3NO2/c1-5-9(2)11(12(18)19-4)17-10(3)7-6-8-13(14,15)16/h9-11,17H,5-8H2,1-4H3. The number of methoxy groups -OCH3 is 1. The molecule has 0 bridgehead atoms. The van der Waals surface area contributed by atoms with Crippen molar-refractivity contribution in [3.8, 4) is 0 Å². The highest BCUT2D eigenvalue weighted by Gasteiger charge is 2.28. The first-order valence-corrected chi connectivity index (χ1v) is 6.61. The topological polar surface area (TPSA) is 38.3 Å². The summed E-state index contributed by atoms with van der Waals surface area (Å²) in [5.41, 5.74) is 0. The fraction of sp³-hybridized carbons (Fsp3) is 0.923. The van der Waals surface area contributed by atoms with E-state index in [0.717, 1.165) is 6.42 Å². The second kappa shape index (κ2) is 8.40. The van der Waals surface area contributed by atoms with E-state index in [-0.39, 0.29) is 24.3 Å². The molecule has 0 amide bonds. The van der Waals surface area contributed by atoms with Gasteiger partial charge in [0, 0.05) is 12.5 Å². The van der Waals surface area contributed by atoms with Crippen LogP contribution in [-0.2, 0) is 9.53 Å². The van der Waals surface area contributed by atoms with Gasteiger partial charge in [0.2, 0.25) is 0 Å². The van der Waals surface area contributed by atoms with Crippen LogP contribution in [0.25, 0.3) is 0 Å². The van der Waals surface area contributed by atoms with Gasteiger partial charge in [-0.3, -0.25) is 4.79 Å². The third-order valence-electron chi connectivity index (χ3n) is 3.23. The normalized spacial score (nSPS) is 16.8. The number of hydrogen-bond donors (Lipinski definition) is 1. The maximum atomic E-state index is 12.0. The van der Waals surface area contributed by atoms with E-state index < -0.39 is 18.6 Å². The van der Waals surface area contributed by atoms with Crippen LogP contribution >= 0.6 is 0 Å². The van der Waals surface area contributed by atoms with Gasteiger partial charge in [-0.15, -0.1) is 0 Å². The molecule has 0 radical (unpaired) electrons. The molecule has 19 heavy (non-hydrogen) atoms. The molecule has 0 heterocycles. The van der Waals surface area contributed by atoms with Gasteiger partial charge in [0.05, 0.1) is 7.11 Å². The minimum atomic E-state index is -4.11. The monoisotopic (exact) mass is 283 g/mol. The summed E-state index contributed by atoms with van der Waals surface area (Å²) in [5.74, 6) is -0.283. The van der Waals surface area contributed by atoms with Crippen molar-refractivity contribution in [1.29, 1.82) is 0 Å². The van der Waals surface area contributed by atoms with Crippen LogP contribution in [0.3, 0.4) is 0 Å². The Balaban J connectivity index is 4.24. The Hall–Kier alpha value is -0.780. The molecule has 0 aromatic heterocycles. The van der Waals surface area contributed by atoms with Crippen LogP contribution < -0.4 is 5.32 Å². The van der Waals surface area contributed by atoms with Crippen LogP contribution in [0.1, 0.15) is 46.5 Å². The van der Waals surface area contributed by atoms with Gasteiger partial charge in [0.1, 0.15) is 6.04 Å². The maximum absolute atomic E-state index is 12.0. The molecule has 0 aliphatic carbocycles. The highest BCUT2D eigenvalue weighted by atomic mass is 19.4. The maximum Gasteiger partial charge on any atom is 0.389 e. The molecular formula is C13H24F3NO2. The van der Waals surface area contributed by atoms with Crippen molar-refractivity contribution in [2.75, 3.05) is 7.11 Å². The number of alkyl halides is 3. The van der Waals surface area contributed by atoms with Gasteiger partial charge in [-0.2, -0.15) is 13.2 Å². The van der Waals surface area contributed by atoms with Crippen molar-refractivity contribution >= 4 is 5.97 Å². The largest absolute Gasteiger partial charge is 0.468 e. The van der Waals surface area contributed by atoms with E-state index in [0.29, 0.717) is 6.42 Å². The lowest BCUT2D eigenvalue weighted by molar-refractivity contribution is -0.145. The SMILES string of the molecule is CCC(C)C(NC(C)CCCC(F)(F)F)C(=O)OC. The summed E-state index contributed by atoms with van der Waals surface area (Å²) in [6.07, 6.45) is -3.67. The smallest absolute Gasteiger partial charge is 0.389 e. The summed E-state index contributed by atoms with van der Waals surface area (Å²) in [5, 5.41) is 3.06. The Labute approximate surface area is 112 Å². The molecule has 0 aliphatic heterocycles. The van der Waals surface area contributed by atoms with E-state index in [1.165, 1.54) is 7.11 Å². The van der Waals surface area contributed by atoms with Crippen molar-refractivity contribution < 1.29 is 22.7 Å². The zero-order valence-corrected chi connectivity index (χ0v) is 12.0. The van der Waals surface area contributed by atoms with Gasteiger partial charge in [-0.05, 0) is 25.7 Å². The second-order valence-electron chi connectivity index (χ2n) is 4.96. The molecule has 114 valence electrons. The zero-order chi connectivity index (χ0) is 15.1. The summed E-state index contributed by atoms with van der Waals surface area (Å²) in [7, 11) is 1.31. The Morgan fingerprint density at radius 3 is 2.32 bits per heavy atom. The number of carbonyl (C=O) groups is 1. The van der Waals surface area contributed by atoms with Gasteiger partial charge in [-0.1, -0.05) is 20.3 Å². The lowest BCUT2D eigenvalue weighted by Gasteiger charge is -2.25. The fourth-order valence-corrected chi connectivity index (χ4v) is 1.83. The van der Waals surface area contributed by atoms with Crippen molar-refractivity contribution in [3.05, 3.63) is 0 Å². The predicted octanol–water partition coefficient (Wildman–Crippen LogP) is 3.28.